The Morgan fingerprint density at radius 1 is 1.05 bits per heavy atom. The molecule has 0 spiro atoms. The molecule has 3 aromatic rings. The molecule has 1 aliphatic heterocycles. The topological polar surface area (TPSA) is 153 Å². The summed E-state index contributed by atoms with van der Waals surface area (Å²) in [4.78, 5) is 17.7. The van der Waals surface area contributed by atoms with E-state index in [1.807, 2.05) is 6.07 Å². The van der Waals surface area contributed by atoms with Gasteiger partial charge in [-0.2, -0.15) is 5.26 Å². The Morgan fingerprint density at radius 2 is 1.73 bits per heavy atom. The predicted molar refractivity (Wildman–Crippen MR) is 136 cm³/mol. The third-order valence-electron chi connectivity index (χ3n) is 6.13. The maximum Gasteiger partial charge on any atom is 0.162 e. The number of nitrogens with zero attached hydrogens (tertiary/aromatic N) is 2. The lowest BCUT2D eigenvalue weighted by atomic mass is 9.90. The van der Waals surface area contributed by atoms with Gasteiger partial charge in [0.25, 0.3) is 0 Å². The second kappa shape index (κ2) is 11.4. The van der Waals surface area contributed by atoms with E-state index in [1.165, 1.54) is 14.0 Å². The fraction of sp³-hybridized carbons (Fsp3) is 0.296. The first-order valence-corrected chi connectivity index (χ1v) is 12.3. The third kappa shape index (κ3) is 5.24. The van der Waals surface area contributed by atoms with Gasteiger partial charge in [0.2, 0.25) is 0 Å². The van der Waals surface area contributed by atoms with Crippen LogP contribution in [0.1, 0.15) is 22.8 Å². The first kappa shape index (κ1) is 26.8. The summed E-state index contributed by atoms with van der Waals surface area (Å²) in [5, 5.41) is 51.0. The lowest BCUT2D eigenvalue weighted by Crippen LogP contribution is -2.57. The highest BCUT2D eigenvalue weighted by Crippen LogP contribution is 2.42. The van der Waals surface area contributed by atoms with Crippen LogP contribution in [0.25, 0.3) is 22.4 Å². The van der Waals surface area contributed by atoms with Crippen LogP contribution < -0.4 is 4.74 Å². The number of rotatable bonds is 7. The normalized spacial score (nSPS) is 23.3. The highest BCUT2D eigenvalue weighted by atomic mass is 32.2. The smallest absolute Gasteiger partial charge is 0.162 e. The van der Waals surface area contributed by atoms with Crippen LogP contribution in [-0.2, 0) is 4.74 Å². The van der Waals surface area contributed by atoms with E-state index >= 15 is 0 Å². The zero-order valence-electron chi connectivity index (χ0n) is 20.1. The first-order chi connectivity index (χ1) is 17.8. The van der Waals surface area contributed by atoms with Crippen LogP contribution in [0, 0.1) is 11.3 Å². The summed E-state index contributed by atoms with van der Waals surface area (Å²) in [5.41, 5.74) is 1.10. The van der Waals surface area contributed by atoms with Crippen LogP contribution in [0.4, 0.5) is 0 Å². The van der Waals surface area contributed by atoms with Crippen molar-refractivity contribution in [3.05, 3.63) is 65.7 Å². The van der Waals surface area contributed by atoms with Crippen LogP contribution in [0.2, 0.25) is 0 Å². The molecule has 9 nitrogen and oxygen atoms in total. The zero-order valence-corrected chi connectivity index (χ0v) is 20.9. The Morgan fingerprint density at radius 3 is 2.30 bits per heavy atom. The van der Waals surface area contributed by atoms with Crippen molar-refractivity contribution < 1.29 is 34.7 Å². The Hall–Kier alpha value is -3.30. The van der Waals surface area contributed by atoms with Crippen LogP contribution >= 0.6 is 11.8 Å². The number of thioether (sulfide) groups is 1. The Kier molecular flexibility index (Phi) is 8.24. The number of Topliss-reactive ketones (excluding diaryl/α,β-unsaturated/α-hetero) is 1. The molecule has 1 fully saturated rings. The van der Waals surface area contributed by atoms with Gasteiger partial charge < -0.3 is 29.9 Å². The Labute approximate surface area is 217 Å². The number of methoxy groups -OCH3 is 1. The summed E-state index contributed by atoms with van der Waals surface area (Å²) in [7, 11) is 1.53. The van der Waals surface area contributed by atoms with Gasteiger partial charge in [0.15, 0.2) is 5.78 Å². The number of ketones is 1. The second-order valence-electron chi connectivity index (χ2n) is 8.47. The second-order valence-corrected chi connectivity index (χ2v) is 9.56. The molecule has 37 heavy (non-hydrogen) atoms. The van der Waals surface area contributed by atoms with E-state index in [0.29, 0.717) is 28.1 Å². The fourth-order valence-corrected chi connectivity index (χ4v) is 5.35. The number of aliphatic hydroxyl groups is 4. The molecular weight excluding hydrogens is 496 g/mol. The number of nitriles is 1. The van der Waals surface area contributed by atoms with Gasteiger partial charge in [0, 0.05) is 11.1 Å². The molecule has 10 heteroatoms. The largest absolute Gasteiger partial charge is 0.497 e. The van der Waals surface area contributed by atoms with E-state index < -0.39 is 36.5 Å². The molecule has 1 aliphatic rings. The molecule has 0 saturated carbocycles. The summed E-state index contributed by atoms with van der Waals surface area (Å²) < 4.78 is 10.9. The average Bonchev–Trinajstić information content (AvgIpc) is 2.92. The van der Waals surface area contributed by atoms with Gasteiger partial charge in [-0.15, -0.1) is 0 Å². The molecule has 2 aromatic carbocycles. The van der Waals surface area contributed by atoms with Crippen LogP contribution in [-0.4, -0.2) is 74.8 Å². The lowest BCUT2D eigenvalue weighted by molar-refractivity contribution is -0.205. The van der Waals surface area contributed by atoms with Crippen molar-refractivity contribution in [3.63, 3.8) is 0 Å². The van der Waals surface area contributed by atoms with Crippen LogP contribution in [0.3, 0.4) is 0 Å². The quantitative estimate of drug-likeness (QED) is 0.340. The molecule has 2 heterocycles. The van der Waals surface area contributed by atoms with Crippen molar-refractivity contribution in [2.75, 3.05) is 13.7 Å². The number of hydrogen-bond acceptors (Lipinski definition) is 10. The predicted octanol–water partition coefficient (Wildman–Crippen LogP) is 2.39. The zero-order chi connectivity index (χ0) is 26.7. The number of carbonyl (C=O) groups is 1. The molecule has 4 N–H and O–H groups in total. The van der Waals surface area contributed by atoms with Crippen LogP contribution in [0.15, 0.2) is 59.6 Å². The van der Waals surface area contributed by atoms with Gasteiger partial charge in [-0.25, -0.2) is 4.98 Å². The maximum atomic E-state index is 13.0. The number of ether oxygens (including phenoxy) is 2. The number of hydrogen-bond donors (Lipinski definition) is 4. The van der Waals surface area contributed by atoms with E-state index in [1.54, 1.807) is 48.5 Å². The molecule has 0 radical (unpaired) electrons. The van der Waals surface area contributed by atoms with Crippen LogP contribution in [0.5, 0.6) is 5.75 Å². The minimum Gasteiger partial charge on any atom is -0.497 e. The number of aromatic nitrogens is 1. The van der Waals surface area contributed by atoms with Gasteiger partial charge in [-0.3, -0.25) is 4.79 Å². The minimum atomic E-state index is -1.58. The number of aliphatic hydroxyl groups excluding tert-OH is 4. The molecule has 4 rings (SSSR count). The summed E-state index contributed by atoms with van der Waals surface area (Å²) in [6.07, 6.45) is -5.75. The maximum absolute atomic E-state index is 13.0. The van der Waals surface area contributed by atoms with Crippen molar-refractivity contribution in [3.8, 4) is 34.2 Å². The lowest BCUT2D eigenvalue weighted by Gasteiger charge is -2.39. The summed E-state index contributed by atoms with van der Waals surface area (Å²) in [5.74, 6) is 0.304. The van der Waals surface area contributed by atoms with E-state index in [-0.39, 0.29) is 21.9 Å². The standard InChI is InChI=1S/C27H26N2O7S/c1-14(31)20-21(15-8-10-17(35-2)11-9-15)18(12-28)26(29-22(20)16-6-4-3-5-7-16)37-27-25(34)24(33)23(32)19(13-30)36-27/h3-11,19,23-25,27,30,32-34H,13H2,1-2H3/t19-,23-,24+,25-,27+/m1/s1. The number of benzene rings is 2. The molecule has 192 valence electrons. The molecule has 0 aliphatic carbocycles. The van der Waals surface area contributed by atoms with Crippen molar-refractivity contribution in [2.45, 2.75) is 41.8 Å². The average molecular weight is 523 g/mol. The third-order valence-corrected chi connectivity index (χ3v) is 7.27. The molecule has 5 atom stereocenters. The van der Waals surface area contributed by atoms with E-state index in [2.05, 4.69) is 11.1 Å². The van der Waals surface area contributed by atoms with Gasteiger partial charge in [-0.1, -0.05) is 54.2 Å². The molecule has 0 bridgehead atoms. The van der Waals surface area contributed by atoms with Crippen molar-refractivity contribution >= 4 is 17.5 Å². The Bertz CT molecular complexity index is 1310. The minimum absolute atomic E-state index is 0.0806. The molecule has 0 unspecified atom stereocenters. The monoisotopic (exact) mass is 522 g/mol. The summed E-state index contributed by atoms with van der Waals surface area (Å²) >= 11 is 0.870. The number of carbonyl (C=O) groups excluding carboxylic acids is 1. The molecular formula is C27H26N2O7S. The highest BCUT2D eigenvalue weighted by molar-refractivity contribution is 7.99. The van der Waals surface area contributed by atoms with Crippen molar-refractivity contribution in [1.29, 1.82) is 5.26 Å². The van der Waals surface area contributed by atoms with Crippen molar-refractivity contribution in [2.24, 2.45) is 0 Å². The van der Waals surface area contributed by atoms with Crippen molar-refractivity contribution in [1.82, 2.24) is 4.98 Å². The number of pyridine rings is 1. The molecule has 1 aromatic heterocycles. The molecule has 1 saturated heterocycles. The van der Waals surface area contributed by atoms with E-state index in [4.69, 9.17) is 9.47 Å². The van der Waals surface area contributed by atoms with E-state index in [0.717, 1.165) is 11.8 Å². The summed E-state index contributed by atoms with van der Waals surface area (Å²) in [6, 6.07) is 18.1. The van der Waals surface area contributed by atoms with Gasteiger partial charge in [-0.05, 0) is 24.6 Å². The highest BCUT2D eigenvalue weighted by Gasteiger charge is 2.44. The van der Waals surface area contributed by atoms with Gasteiger partial charge in [0.1, 0.15) is 46.7 Å². The summed E-state index contributed by atoms with van der Waals surface area (Å²) in [6.45, 7) is 0.818. The first-order valence-electron chi connectivity index (χ1n) is 11.5. The van der Waals surface area contributed by atoms with Gasteiger partial charge in [0.05, 0.1) is 30.5 Å². The SMILES string of the molecule is COc1ccc(-c2c(C#N)c(S[C@@H]3O[C@H](CO)[C@@H](O)[C@H](O)[C@H]3O)nc(-c3ccccc3)c2C(C)=O)cc1. The Balaban J connectivity index is 1.95. The molecule has 0 amide bonds. The fourth-order valence-electron chi connectivity index (χ4n) is 4.22. The van der Waals surface area contributed by atoms with Gasteiger partial charge >= 0.3 is 0 Å². The van der Waals surface area contributed by atoms with E-state index in [9.17, 15) is 30.5 Å².